The molecule has 0 radical (unpaired) electrons. The van der Waals surface area contributed by atoms with Gasteiger partial charge >= 0.3 is 6.09 Å². The van der Waals surface area contributed by atoms with Gasteiger partial charge in [-0.1, -0.05) is 62.4 Å². The first kappa shape index (κ1) is 42.1. The molecule has 2 aliphatic heterocycles. The van der Waals surface area contributed by atoms with Crippen LogP contribution < -0.4 is 10.4 Å². The molecule has 4 unspecified atom stereocenters. The van der Waals surface area contributed by atoms with E-state index in [0.717, 1.165) is 88.8 Å². The Morgan fingerprint density at radius 3 is 2.13 bits per heavy atom. The molecular formula is C48H55N8O7-. The number of hydrogen-bond acceptors (Lipinski definition) is 10. The Morgan fingerprint density at radius 1 is 0.825 bits per heavy atom. The zero-order valence-electron chi connectivity index (χ0n) is 36.6. The Labute approximate surface area is 366 Å². The summed E-state index contributed by atoms with van der Waals surface area (Å²) in [7, 11) is 4.05. The van der Waals surface area contributed by atoms with Crippen molar-refractivity contribution >= 4 is 34.8 Å². The SMILES string of the molecule is COC(=O)N[C@H](C(=O)N1C2CCC(C2)C1c1ncc(-c2ccc(-c3ccc4cc(-c5cnc([C@@H]6CC7(CC7)CN6C(=O)[C@@H](N=C([O-])OC)C(C)OC)[nH]5)ccc4c3)cc2)[nH]1)C(C)C. The van der Waals surface area contributed by atoms with Gasteiger partial charge in [0.1, 0.15) is 23.8 Å². The second-order valence-electron chi connectivity index (χ2n) is 18.2. The number of nitrogens with zero attached hydrogens (tertiary/aromatic N) is 5. The number of amides is 3. The number of rotatable bonds is 12. The molecule has 4 fully saturated rings. The molecule has 3 amide bonds. The van der Waals surface area contributed by atoms with Crippen molar-refractivity contribution in [3.05, 3.63) is 84.7 Å². The third kappa shape index (κ3) is 8.03. The number of hydrogen-bond donors (Lipinski definition) is 3. The Balaban J connectivity index is 0.897. The first-order valence-electron chi connectivity index (χ1n) is 21.9. The molecule has 5 aromatic rings. The lowest BCUT2D eigenvalue weighted by Crippen LogP contribution is -2.54. The van der Waals surface area contributed by atoms with Crippen LogP contribution >= 0.6 is 0 Å². The number of nitrogens with one attached hydrogen (secondary N) is 3. The lowest BCUT2D eigenvalue weighted by Gasteiger charge is -2.37. The van der Waals surface area contributed by atoms with Gasteiger partial charge in [-0.2, -0.15) is 0 Å². The normalized spacial score (nSPS) is 22.7. The van der Waals surface area contributed by atoms with Gasteiger partial charge in [-0.05, 0) is 109 Å². The van der Waals surface area contributed by atoms with Crippen LogP contribution in [0.3, 0.4) is 0 Å². The van der Waals surface area contributed by atoms with Crippen molar-refractivity contribution in [1.29, 1.82) is 0 Å². The van der Waals surface area contributed by atoms with Crippen molar-refractivity contribution < 1.29 is 33.7 Å². The number of benzene rings is 3. The monoisotopic (exact) mass is 855 g/mol. The van der Waals surface area contributed by atoms with Gasteiger partial charge in [0.15, 0.2) is 6.04 Å². The smallest absolute Gasteiger partial charge is 0.407 e. The number of alkyl carbamates (subject to hydrolysis) is 1. The summed E-state index contributed by atoms with van der Waals surface area (Å²) in [6.07, 6.45) is 7.45. The number of imidazole rings is 2. The van der Waals surface area contributed by atoms with Gasteiger partial charge in [0.05, 0.1) is 49.1 Å². The first-order chi connectivity index (χ1) is 30.4. The maximum atomic E-state index is 14.0. The molecule has 2 saturated heterocycles. The molecule has 7 atom stereocenters. The second-order valence-corrected chi connectivity index (χ2v) is 18.2. The van der Waals surface area contributed by atoms with Crippen LogP contribution in [0.25, 0.3) is 44.4 Å². The number of aliphatic imine (C=N–C) groups is 1. The summed E-state index contributed by atoms with van der Waals surface area (Å²) in [6, 6.07) is 19.1. The van der Waals surface area contributed by atoms with E-state index < -0.39 is 30.4 Å². The van der Waals surface area contributed by atoms with Gasteiger partial charge in [0.25, 0.3) is 5.91 Å². The largest absolute Gasteiger partial charge is 0.604 e. The Bertz CT molecular complexity index is 2540. The lowest BCUT2D eigenvalue weighted by atomic mass is 9.95. The first-order valence-corrected chi connectivity index (χ1v) is 21.9. The summed E-state index contributed by atoms with van der Waals surface area (Å²) >= 11 is 0. The Kier molecular flexibility index (Phi) is 11.2. The number of H-pyrrole nitrogens is 2. The number of piperidine rings is 1. The second kappa shape index (κ2) is 16.8. The number of aromatic nitrogens is 4. The minimum atomic E-state index is -1.02. The summed E-state index contributed by atoms with van der Waals surface area (Å²) < 4.78 is 15.0. The third-order valence-electron chi connectivity index (χ3n) is 13.9. The van der Waals surface area contributed by atoms with Gasteiger partial charge < -0.3 is 44.4 Å². The average Bonchev–Trinajstić information content (AvgIpc) is 3.94. The number of fused-ring (bicyclic) bond motifs is 3. The molecule has 2 bridgehead atoms. The lowest BCUT2D eigenvalue weighted by molar-refractivity contribution is -0.248. The zero-order valence-corrected chi connectivity index (χ0v) is 36.6. The number of likely N-dealkylation sites (tertiary alicyclic amines) is 2. The van der Waals surface area contributed by atoms with E-state index in [1.165, 1.54) is 21.3 Å². The molecule has 2 aliphatic carbocycles. The van der Waals surface area contributed by atoms with E-state index in [4.69, 9.17) is 24.2 Å². The molecule has 9 rings (SSSR count). The topological polar surface area (TPSA) is 190 Å². The van der Waals surface area contributed by atoms with Gasteiger partial charge in [-0.3, -0.25) is 14.6 Å². The van der Waals surface area contributed by atoms with Crippen LogP contribution in [0.15, 0.2) is 78.0 Å². The van der Waals surface area contributed by atoms with E-state index in [9.17, 15) is 19.5 Å². The molecule has 2 aromatic heterocycles. The predicted molar refractivity (Wildman–Crippen MR) is 235 cm³/mol. The molecule has 63 heavy (non-hydrogen) atoms. The average molecular weight is 856 g/mol. The van der Waals surface area contributed by atoms with Crippen molar-refractivity contribution in [2.24, 2.45) is 22.2 Å². The molecule has 15 heteroatoms. The summed E-state index contributed by atoms with van der Waals surface area (Å²) in [5.41, 5.74) is 5.95. The predicted octanol–water partition coefficient (Wildman–Crippen LogP) is 6.54. The Hall–Kier alpha value is -6.22. The maximum absolute atomic E-state index is 14.0. The van der Waals surface area contributed by atoms with Crippen molar-refractivity contribution in [2.75, 3.05) is 27.9 Å². The van der Waals surface area contributed by atoms with Crippen LogP contribution in [0, 0.1) is 17.3 Å². The number of carbonyl (C=O) groups excluding carboxylic acids is 3. The van der Waals surface area contributed by atoms with E-state index in [1.807, 2.05) is 36.0 Å². The summed E-state index contributed by atoms with van der Waals surface area (Å²) in [6.45, 7) is 6.17. The molecule has 15 nitrogen and oxygen atoms in total. The number of ether oxygens (including phenoxy) is 3. The van der Waals surface area contributed by atoms with Gasteiger partial charge in [-0.25, -0.2) is 14.8 Å². The van der Waals surface area contributed by atoms with E-state index in [2.05, 4.69) is 80.9 Å². The van der Waals surface area contributed by atoms with Crippen molar-refractivity contribution in [1.82, 2.24) is 35.1 Å². The van der Waals surface area contributed by atoms with Crippen LogP contribution in [-0.2, 0) is 23.8 Å². The zero-order chi connectivity index (χ0) is 44.2. The van der Waals surface area contributed by atoms with Crippen molar-refractivity contribution in [3.8, 4) is 33.6 Å². The minimum Gasteiger partial charge on any atom is -0.604 e. The fraction of sp³-hybridized carbons (Fsp3) is 0.458. The summed E-state index contributed by atoms with van der Waals surface area (Å²) in [5, 5.41) is 17.1. The van der Waals surface area contributed by atoms with E-state index in [0.29, 0.717) is 18.3 Å². The van der Waals surface area contributed by atoms with Crippen LogP contribution in [0.4, 0.5) is 4.79 Å². The third-order valence-corrected chi connectivity index (χ3v) is 13.9. The highest BCUT2D eigenvalue weighted by Gasteiger charge is 2.55. The fourth-order valence-corrected chi connectivity index (χ4v) is 10.1. The highest BCUT2D eigenvalue weighted by atomic mass is 16.6. The van der Waals surface area contributed by atoms with Gasteiger partial charge in [-0.15, -0.1) is 0 Å². The molecular weight excluding hydrogens is 801 g/mol. The maximum Gasteiger partial charge on any atom is 0.407 e. The van der Waals surface area contributed by atoms with Crippen molar-refractivity contribution in [2.45, 2.75) is 95.6 Å². The van der Waals surface area contributed by atoms with E-state index in [1.54, 1.807) is 6.92 Å². The molecule has 3 N–H and O–H groups in total. The molecule has 4 aliphatic rings. The summed E-state index contributed by atoms with van der Waals surface area (Å²) in [5.74, 6) is 1.32. The number of methoxy groups -OCH3 is 3. The highest BCUT2D eigenvalue weighted by molar-refractivity contribution is 5.91. The van der Waals surface area contributed by atoms with E-state index in [-0.39, 0.29) is 41.3 Å². The fourth-order valence-electron chi connectivity index (χ4n) is 10.1. The standard InChI is InChI=1S/C48H56N8O7/c1-26(2)39(53-46(59)62-5)45(58)56-35-16-15-34(21-35)41(56)43-50-23-36(52-43)29-9-7-28(8-10-29)30-11-12-32-20-33(14-13-31(32)19-30)37-24-49-42(51-37)38-22-48(17-18-48)25-55(38)44(57)40(27(3)61-4)54-47(60)63-6/h7-14,19-20,23-24,26-27,34-35,38-41H,15-18,21-22,25H2,1-6H3,(H,49,51)(H,50,52)(H,53,59)(H,54,60)/p-1/t27?,34?,35?,38-,39-,40-,41?/m0/s1. The van der Waals surface area contributed by atoms with E-state index >= 15 is 0 Å². The molecule has 3 aromatic carbocycles. The van der Waals surface area contributed by atoms with Crippen LogP contribution in [0.2, 0.25) is 0 Å². The number of aromatic amines is 2. The van der Waals surface area contributed by atoms with Gasteiger partial charge in [0, 0.05) is 25.3 Å². The molecule has 4 heterocycles. The van der Waals surface area contributed by atoms with Crippen molar-refractivity contribution in [3.63, 3.8) is 0 Å². The minimum absolute atomic E-state index is 0.0637. The summed E-state index contributed by atoms with van der Waals surface area (Å²) in [4.78, 5) is 64.6. The van der Waals surface area contributed by atoms with Crippen LogP contribution in [-0.4, -0.2) is 106 Å². The number of carbonyl (C=O) groups is 3. The quantitative estimate of drug-likeness (QED) is 0.0925. The molecule has 2 saturated carbocycles. The molecule has 1 spiro atoms. The van der Waals surface area contributed by atoms with Gasteiger partial charge in [0.2, 0.25) is 5.91 Å². The Morgan fingerprint density at radius 2 is 1.46 bits per heavy atom. The highest BCUT2D eigenvalue weighted by Crippen LogP contribution is 2.58. The molecule has 330 valence electrons. The van der Waals surface area contributed by atoms with Crippen LogP contribution in [0.1, 0.15) is 83.0 Å². The van der Waals surface area contributed by atoms with Crippen LogP contribution in [0.5, 0.6) is 0 Å².